The van der Waals surface area contributed by atoms with Crippen molar-refractivity contribution < 1.29 is 30.0 Å². The minimum Gasteiger partial charge on any atom is -0.507 e. The summed E-state index contributed by atoms with van der Waals surface area (Å²) in [5, 5.41) is 46.5. The molecule has 6 rings (SSSR count). The maximum atomic E-state index is 13.6. The summed E-state index contributed by atoms with van der Waals surface area (Å²) in [6.45, 7) is -0.590. The number of phenols is 1. The van der Waals surface area contributed by atoms with Gasteiger partial charge in [0.2, 0.25) is 11.8 Å². The van der Waals surface area contributed by atoms with Crippen molar-refractivity contribution in [3.05, 3.63) is 111 Å². The Balaban J connectivity index is 1.29. The van der Waals surface area contributed by atoms with Gasteiger partial charge < -0.3 is 20.4 Å². The van der Waals surface area contributed by atoms with E-state index in [9.17, 15) is 30.0 Å². The van der Waals surface area contributed by atoms with Crippen molar-refractivity contribution in [3.8, 4) is 5.75 Å². The van der Waals surface area contributed by atoms with Crippen molar-refractivity contribution >= 4 is 45.6 Å². The molecule has 1 fully saturated rings. The normalized spacial score (nSPS) is 21.3. The van der Waals surface area contributed by atoms with Gasteiger partial charge in [-0.3, -0.25) is 14.5 Å². The van der Waals surface area contributed by atoms with Crippen molar-refractivity contribution in [1.82, 2.24) is 4.90 Å². The van der Waals surface area contributed by atoms with Gasteiger partial charge in [-0.15, -0.1) is 11.3 Å². The average Bonchev–Trinajstić information content (AvgIpc) is 3.66. The van der Waals surface area contributed by atoms with Crippen LogP contribution in [-0.2, 0) is 16.1 Å². The van der Waals surface area contributed by atoms with E-state index in [1.807, 2.05) is 78.2 Å². The molecule has 1 aromatic heterocycles. The monoisotopic (exact) mass is 609 g/mol. The topological polar surface area (TPSA) is 118 Å². The van der Waals surface area contributed by atoms with Crippen LogP contribution >= 0.6 is 11.3 Å². The van der Waals surface area contributed by atoms with E-state index < -0.39 is 30.5 Å². The van der Waals surface area contributed by atoms with Crippen LogP contribution in [0.25, 0.3) is 22.4 Å². The van der Waals surface area contributed by atoms with Gasteiger partial charge in [-0.2, -0.15) is 0 Å². The molecule has 1 aliphatic heterocycles. The number of hydrogen-bond acceptors (Lipinski definition) is 7. The molecule has 2 amide bonds. The number of benzene rings is 3. The summed E-state index contributed by atoms with van der Waals surface area (Å²) in [7, 11) is 0. The van der Waals surface area contributed by atoms with Gasteiger partial charge in [0.05, 0.1) is 37.7 Å². The Morgan fingerprint density at radius 3 is 2.39 bits per heavy atom. The maximum Gasteiger partial charge on any atom is 0.234 e. The first-order valence-corrected chi connectivity index (χ1v) is 15.7. The van der Waals surface area contributed by atoms with Gasteiger partial charge in [0.15, 0.2) is 0 Å². The number of carbonyl (C=O) groups is 2. The van der Waals surface area contributed by atoms with Crippen LogP contribution in [0.1, 0.15) is 35.3 Å². The second-order valence-electron chi connectivity index (χ2n) is 11.5. The predicted molar refractivity (Wildman–Crippen MR) is 171 cm³/mol. The van der Waals surface area contributed by atoms with Crippen LogP contribution in [0.2, 0.25) is 0 Å². The zero-order chi connectivity index (χ0) is 30.8. The van der Waals surface area contributed by atoms with E-state index in [0.717, 1.165) is 32.3 Å². The number of nitrogens with zero attached hydrogens (tertiary/aromatic N) is 1. The Morgan fingerprint density at radius 1 is 0.932 bits per heavy atom. The quantitative estimate of drug-likeness (QED) is 0.109. The highest BCUT2D eigenvalue weighted by Gasteiger charge is 2.54. The SMILES string of the molecule is O=C1[C@@H]2[C@@H](CC(CO)=C([C@H](O)CC/C(=C/c3ccc(O)c4ccccc34)c3ccccc3)[C@@H]2CO)C(=O)N1Cc1cccs1. The van der Waals surface area contributed by atoms with Gasteiger partial charge in [0, 0.05) is 16.2 Å². The number of allylic oxidation sites excluding steroid dienone is 1. The number of phenolic OH excluding ortho intramolecular Hbond substituents is 1. The van der Waals surface area contributed by atoms with Crippen molar-refractivity contribution in [1.29, 1.82) is 0 Å². The lowest BCUT2D eigenvalue weighted by atomic mass is 9.68. The van der Waals surface area contributed by atoms with E-state index in [4.69, 9.17) is 0 Å². The Hall–Kier alpha value is -4.08. The second-order valence-corrected chi connectivity index (χ2v) is 12.5. The van der Waals surface area contributed by atoms with Crippen LogP contribution in [0.5, 0.6) is 5.75 Å². The number of carbonyl (C=O) groups excluding carboxylic acids is 2. The van der Waals surface area contributed by atoms with Gasteiger partial charge >= 0.3 is 0 Å². The smallest absolute Gasteiger partial charge is 0.234 e. The molecule has 8 heteroatoms. The first kappa shape index (κ1) is 30.0. The van der Waals surface area contributed by atoms with Crippen molar-refractivity contribution in [3.63, 3.8) is 0 Å². The zero-order valence-corrected chi connectivity index (χ0v) is 25.0. The molecule has 0 spiro atoms. The van der Waals surface area contributed by atoms with Crippen molar-refractivity contribution in [2.75, 3.05) is 13.2 Å². The lowest BCUT2D eigenvalue weighted by Gasteiger charge is -2.36. The summed E-state index contributed by atoms with van der Waals surface area (Å²) in [5.41, 5.74) is 3.87. The van der Waals surface area contributed by atoms with E-state index in [0.29, 0.717) is 17.6 Å². The van der Waals surface area contributed by atoms with Gasteiger partial charge in [-0.05, 0) is 70.0 Å². The summed E-state index contributed by atoms with van der Waals surface area (Å²) >= 11 is 1.47. The molecule has 1 saturated heterocycles. The number of amides is 2. The largest absolute Gasteiger partial charge is 0.507 e. The number of thiophene rings is 1. The highest BCUT2D eigenvalue weighted by Crippen LogP contribution is 2.46. The summed E-state index contributed by atoms with van der Waals surface area (Å²) in [6.07, 6.45) is 1.95. The van der Waals surface area contributed by atoms with Crippen molar-refractivity contribution in [2.24, 2.45) is 17.8 Å². The molecule has 0 bridgehead atoms. The third-order valence-electron chi connectivity index (χ3n) is 9.01. The molecule has 1 aliphatic carbocycles. The predicted octanol–water partition coefficient (Wildman–Crippen LogP) is 5.39. The number of imide groups is 1. The lowest BCUT2D eigenvalue weighted by molar-refractivity contribution is -0.140. The first-order chi connectivity index (χ1) is 21.4. The standard InChI is InChI=1S/C36H35NO6S/c38-20-25-18-29-34(36(43)37(35(29)42)19-26-9-6-16-44-26)30(21-39)33(25)32(41)15-12-23(22-7-2-1-3-8-22)17-24-13-14-31(40)28-11-5-4-10-27(24)28/h1-11,13-14,16-17,29-30,32,34,38-41H,12,15,18-21H2/b23-17-/t29-,30+,32-,34-/m1/s1. The minimum absolute atomic E-state index is 0.177. The Labute approximate surface area is 260 Å². The van der Waals surface area contributed by atoms with E-state index in [-0.39, 0.29) is 43.6 Å². The van der Waals surface area contributed by atoms with Crippen LogP contribution in [0.4, 0.5) is 0 Å². The molecule has 4 atom stereocenters. The highest BCUT2D eigenvalue weighted by atomic mass is 32.1. The first-order valence-electron chi connectivity index (χ1n) is 14.9. The molecule has 4 aromatic rings. The number of aliphatic hydroxyl groups excluding tert-OH is 3. The van der Waals surface area contributed by atoms with E-state index in [2.05, 4.69) is 6.08 Å². The third-order valence-corrected chi connectivity index (χ3v) is 9.87. The number of fused-ring (bicyclic) bond motifs is 2. The van der Waals surface area contributed by atoms with Crippen LogP contribution in [0.15, 0.2) is 95.4 Å². The molecule has 0 saturated carbocycles. The third kappa shape index (κ3) is 5.62. The number of aromatic hydroxyl groups is 1. The van der Waals surface area contributed by atoms with E-state index in [1.165, 1.54) is 16.2 Å². The van der Waals surface area contributed by atoms with Gasteiger partial charge in [-0.25, -0.2) is 0 Å². The second kappa shape index (κ2) is 12.9. The van der Waals surface area contributed by atoms with Crippen LogP contribution in [-0.4, -0.2) is 56.5 Å². The summed E-state index contributed by atoms with van der Waals surface area (Å²) in [4.78, 5) is 29.1. The molecule has 0 radical (unpaired) electrons. The fourth-order valence-corrected chi connectivity index (χ4v) is 7.60. The summed E-state index contributed by atoms with van der Waals surface area (Å²) in [6, 6.07) is 24.8. The average molecular weight is 610 g/mol. The molecular weight excluding hydrogens is 574 g/mol. The number of aliphatic hydroxyl groups is 3. The maximum absolute atomic E-state index is 13.6. The fraction of sp³-hybridized carbons (Fsp3) is 0.278. The van der Waals surface area contributed by atoms with Crippen LogP contribution in [0.3, 0.4) is 0 Å². The van der Waals surface area contributed by atoms with Gasteiger partial charge in [-0.1, -0.05) is 72.8 Å². The minimum atomic E-state index is -1.03. The number of rotatable bonds is 10. The Morgan fingerprint density at radius 2 is 1.68 bits per heavy atom. The molecular formula is C36H35NO6S. The Kier molecular flexibility index (Phi) is 8.77. The molecule has 44 heavy (non-hydrogen) atoms. The molecule has 7 nitrogen and oxygen atoms in total. The molecule has 226 valence electrons. The van der Waals surface area contributed by atoms with Gasteiger partial charge in [0.25, 0.3) is 0 Å². The zero-order valence-electron chi connectivity index (χ0n) is 24.2. The number of likely N-dealkylation sites (tertiary alicyclic amines) is 1. The highest BCUT2D eigenvalue weighted by molar-refractivity contribution is 7.09. The molecule has 4 N–H and O–H groups in total. The lowest BCUT2D eigenvalue weighted by Crippen LogP contribution is -2.39. The number of hydrogen-bond donors (Lipinski definition) is 4. The molecule has 0 unspecified atom stereocenters. The van der Waals surface area contributed by atoms with Crippen LogP contribution < -0.4 is 0 Å². The van der Waals surface area contributed by atoms with Crippen LogP contribution in [0, 0.1) is 17.8 Å². The van der Waals surface area contributed by atoms with E-state index in [1.54, 1.807) is 6.07 Å². The molecule has 3 aromatic carbocycles. The molecule has 2 aliphatic rings. The Bertz CT molecular complexity index is 1730. The fourth-order valence-electron chi connectivity index (χ4n) is 6.90. The summed E-state index contributed by atoms with van der Waals surface area (Å²) in [5.74, 6) is -2.63. The van der Waals surface area contributed by atoms with Crippen molar-refractivity contribution in [2.45, 2.75) is 31.9 Å². The van der Waals surface area contributed by atoms with Gasteiger partial charge in [0.1, 0.15) is 5.75 Å². The summed E-state index contributed by atoms with van der Waals surface area (Å²) < 4.78 is 0. The molecule has 2 heterocycles. The van der Waals surface area contributed by atoms with E-state index >= 15 is 0 Å².